The molecule has 3 heterocycles. The van der Waals surface area contributed by atoms with Crippen LogP contribution in [0.3, 0.4) is 0 Å². The normalized spacial score (nSPS) is 10.5. The van der Waals surface area contributed by atoms with Crippen molar-refractivity contribution in [2.45, 2.75) is 13.3 Å². The van der Waals surface area contributed by atoms with Gasteiger partial charge in [0.1, 0.15) is 10.6 Å². The molecular formula is C19H18N2O5S2. The number of furan rings is 1. The molecule has 0 aliphatic heterocycles. The van der Waals surface area contributed by atoms with Crippen molar-refractivity contribution in [3.8, 4) is 10.4 Å². The van der Waals surface area contributed by atoms with Crippen LogP contribution in [0.5, 0.6) is 0 Å². The van der Waals surface area contributed by atoms with E-state index in [1.165, 1.54) is 28.9 Å². The van der Waals surface area contributed by atoms with Crippen molar-refractivity contribution in [1.82, 2.24) is 5.32 Å². The highest BCUT2D eigenvalue weighted by Gasteiger charge is 2.23. The van der Waals surface area contributed by atoms with Gasteiger partial charge in [0.15, 0.2) is 5.76 Å². The van der Waals surface area contributed by atoms with Gasteiger partial charge in [0.2, 0.25) is 5.91 Å². The minimum Gasteiger partial charge on any atom is -0.462 e. The molecule has 0 aliphatic carbocycles. The number of carbonyl (C=O) groups is 3. The molecule has 28 heavy (non-hydrogen) atoms. The van der Waals surface area contributed by atoms with E-state index in [1.807, 2.05) is 22.9 Å². The van der Waals surface area contributed by atoms with Crippen LogP contribution in [0.4, 0.5) is 5.00 Å². The van der Waals surface area contributed by atoms with E-state index in [9.17, 15) is 14.4 Å². The highest BCUT2D eigenvalue weighted by atomic mass is 32.1. The lowest BCUT2D eigenvalue weighted by Gasteiger charge is -2.08. The van der Waals surface area contributed by atoms with Gasteiger partial charge in [-0.3, -0.25) is 9.59 Å². The standard InChI is InChI=1S/C19H18N2O5S2/c1-2-25-19(24)16-12(14-6-4-10-27-14)11-28-18(16)21-15(22)7-8-20-17(23)13-5-3-9-26-13/h3-6,9-11H,2,7-8H2,1H3,(H,20,23)(H,21,22). The summed E-state index contributed by atoms with van der Waals surface area (Å²) >= 11 is 2.77. The van der Waals surface area contributed by atoms with Crippen molar-refractivity contribution in [1.29, 1.82) is 0 Å². The van der Waals surface area contributed by atoms with Crippen LogP contribution in [0.2, 0.25) is 0 Å². The van der Waals surface area contributed by atoms with Crippen molar-refractivity contribution in [2.75, 3.05) is 18.5 Å². The number of amides is 2. The van der Waals surface area contributed by atoms with E-state index in [4.69, 9.17) is 9.15 Å². The molecule has 7 nitrogen and oxygen atoms in total. The topological polar surface area (TPSA) is 97.6 Å². The Morgan fingerprint density at radius 2 is 2.04 bits per heavy atom. The Kier molecular flexibility index (Phi) is 6.62. The summed E-state index contributed by atoms with van der Waals surface area (Å²) in [6.45, 7) is 2.11. The zero-order valence-corrected chi connectivity index (χ0v) is 16.7. The molecule has 0 fully saturated rings. The Hall–Kier alpha value is -2.91. The van der Waals surface area contributed by atoms with E-state index >= 15 is 0 Å². The summed E-state index contributed by atoms with van der Waals surface area (Å²) in [4.78, 5) is 37.4. The summed E-state index contributed by atoms with van der Waals surface area (Å²) in [6, 6.07) is 6.96. The SMILES string of the molecule is CCOC(=O)c1c(-c2cccs2)csc1NC(=O)CCNC(=O)c1ccco1. The monoisotopic (exact) mass is 418 g/mol. The highest BCUT2D eigenvalue weighted by Crippen LogP contribution is 2.38. The van der Waals surface area contributed by atoms with E-state index in [-0.39, 0.29) is 37.1 Å². The molecule has 3 aromatic rings. The second kappa shape index (κ2) is 9.34. The Balaban J connectivity index is 1.65. The van der Waals surface area contributed by atoms with Crippen LogP contribution in [0, 0.1) is 0 Å². The van der Waals surface area contributed by atoms with Gasteiger partial charge in [-0.25, -0.2) is 4.79 Å². The highest BCUT2D eigenvalue weighted by molar-refractivity contribution is 7.17. The molecule has 3 rings (SSSR count). The number of ether oxygens (including phenoxy) is 1. The Labute approximate surface area is 169 Å². The van der Waals surface area contributed by atoms with Gasteiger partial charge < -0.3 is 19.8 Å². The molecule has 0 saturated heterocycles. The van der Waals surface area contributed by atoms with Gasteiger partial charge in [-0.1, -0.05) is 6.07 Å². The third-order valence-electron chi connectivity index (χ3n) is 3.69. The fourth-order valence-electron chi connectivity index (χ4n) is 2.44. The largest absolute Gasteiger partial charge is 0.462 e. The molecular weight excluding hydrogens is 400 g/mol. The predicted octanol–water partition coefficient (Wildman–Crippen LogP) is 4.00. The Morgan fingerprint density at radius 3 is 2.71 bits per heavy atom. The van der Waals surface area contributed by atoms with Crippen LogP contribution >= 0.6 is 22.7 Å². The fraction of sp³-hybridized carbons (Fsp3) is 0.211. The summed E-state index contributed by atoms with van der Waals surface area (Å²) in [5.74, 6) is -0.997. The molecule has 3 aromatic heterocycles. The first kappa shape index (κ1) is 19.8. The van der Waals surface area contributed by atoms with Crippen LogP contribution in [-0.2, 0) is 9.53 Å². The molecule has 2 amide bonds. The number of anilines is 1. The molecule has 0 radical (unpaired) electrons. The third kappa shape index (κ3) is 4.68. The molecule has 0 atom stereocenters. The van der Waals surface area contributed by atoms with Gasteiger partial charge >= 0.3 is 5.97 Å². The van der Waals surface area contributed by atoms with Crippen molar-refractivity contribution in [3.05, 3.63) is 52.6 Å². The van der Waals surface area contributed by atoms with Gasteiger partial charge in [0.05, 0.1) is 12.9 Å². The number of nitrogens with one attached hydrogen (secondary N) is 2. The van der Waals surface area contributed by atoms with Gasteiger partial charge in [-0.05, 0) is 30.5 Å². The van der Waals surface area contributed by atoms with E-state index in [1.54, 1.807) is 19.1 Å². The Bertz CT molecular complexity index is 945. The minimum atomic E-state index is -0.478. The molecule has 0 saturated carbocycles. The number of carbonyl (C=O) groups excluding carboxylic acids is 3. The summed E-state index contributed by atoms with van der Waals surface area (Å²) in [7, 11) is 0. The molecule has 0 bridgehead atoms. The van der Waals surface area contributed by atoms with Crippen LogP contribution in [0.1, 0.15) is 34.3 Å². The zero-order chi connectivity index (χ0) is 19.9. The van der Waals surface area contributed by atoms with Crippen LogP contribution in [0.15, 0.2) is 45.7 Å². The first-order valence-electron chi connectivity index (χ1n) is 8.54. The van der Waals surface area contributed by atoms with Crippen LogP contribution < -0.4 is 10.6 Å². The van der Waals surface area contributed by atoms with Crippen LogP contribution in [-0.4, -0.2) is 30.9 Å². The summed E-state index contributed by atoms with van der Waals surface area (Å²) in [5.41, 5.74) is 1.09. The molecule has 0 aromatic carbocycles. The molecule has 0 unspecified atom stereocenters. The van der Waals surface area contributed by atoms with E-state index < -0.39 is 5.97 Å². The lowest BCUT2D eigenvalue weighted by atomic mass is 10.1. The van der Waals surface area contributed by atoms with Gasteiger partial charge in [0, 0.05) is 28.8 Å². The molecule has 9 heteroatoms. The van der Waals surface area contributed by atoms with Crippen molar-refractivity contribution in [2.24, 2.45) is 0 Å². The van der Waals surface area contributed by atoms with Crippen LogP contribution in [0.25, 0.3) is 10.4 Å². The van der Waals surface area contributed by atoms with Gasteiger partial charge in [0.25, 0.3) is 5.91 Å². The average Bonchev–Trinajstić information content (AvgIpc) is 3.42. The summed E-state index contributed by atoms with van der Waals surface area (Å²) < 4.78 is 10.1. The lowest BCUT2D eigenvalue weighted by Crippen LogP contribution is -2.27. The van der Waals surface area contributed by atoms with E-state index in [0.29, 0.717) is 10.6 Å². The van der Waals surface area contributed by atoms with Crippen molar-refractivity contribution in [3.63, 3.8) is 0 Å². The summed E-state index contributed by atoms with van der Waals surface area (Å²) in [5, 5.41) is 9.54. The quantitative estimate of drug-likeness (QED) is 0.539. The Morgan fingerprint density at radius 1 is 1.18 bits per heavy atom. The molecule has 2 N–H and O–H groups in total. The molecule has 0 aliphatic rings. The van der Waals surface area contributed by atoms with Crippen molar-refractivity contribution >= 4 is 45.5 Å². The maximum Gasteiger partial charge on any atom is 0.341 e. The fourth-order valence-corrected chi connectivity index (χ4v) is 4.23. The smallest absolute Gasteiger partial charge is 0.341 e. The maximum atomic E-state index is 12.4. The maximum absolute atomic E-state index is 12.4. The van der Waals surface area contributed by atoms with Gasteiger partial charge in [-0.2, -0.15) is 0 Å². The number of thiophene rings is 2. The second-order valence-corrected chi connectivity index (χ2v) is 7.41. The lowest BCUT2D eigenvalue weighted by molar-refractivity contribution is -0.116. The van der Waals surface area contributed by atoms with Gasteiger partial charge in [-0.15, -0.1) is 22.7 Å². The zero-order valence-electron chi connectivity index (χ0n) is 15.0. The van der Waals surface area contributed by atoms with E-state index in [2.05, 4.69) is 10.6 Å². The first-order chi connectivity index (χ1) is 13.6. The number of rotatable bonds is 8. The third-order valence-corrected chi connectivity index (χ3v) is 5.49. The number of esters is 1. The van der Waals surface area contributed by atoms with E-state index in [0.717, 1.165) is 10.4 Å². The average molecular weight is 418 g/mol. The number of hydrogen-bond acceptors (Lipinski definition) is 7. The number of hydrogen-bond donors (Lipinski definition) is 2. The minimum absolute atomic E-state index is 0.0565. The summed E-state index contributed by atoms with van der Waals surface area (Å²) in [6.07, 6.45) is 1.46. The molecule has 0 spiro atoms. The predicted molar refractivity (Wildman–Crippen MR) is 108 cm³/mol. The first-order valence-corrected chi connectivity index (χ1v) is 10.3. The van der Waals surface area contributed by atoms with Crippen molar-refractivity contribution < 1.29 is 23.5 Å². The second-order valence-electron chi connectivity index (χ2n) is 5.58. The molecule has 146 valence electrons.